The summed E-state index contributed by atoms with van der Waals surface area (Å²) in [6.07, 6.45) is 3.36. The van der Waals surface area contributed by atoms with Gasteiger partial charge in [-0.1, -0.05) is 12.1 Å². The molecule has 1 aromatic carbocycles. The molecule has 0 amide bonds. The van der Waals surface area contributed by atoms with Crippen molar-refractivity contribution in [2.45, 2.75) is 0 Å². The van der Waals surface area contributed by atoms with Gasteiger partial charge in [0.25, 0.3) is 0 Å². The van der Waals surface area contributed by atoms with E-state index in [1.807, 2.05) is 18.2 Å². The van der Waals surface area contributed by atoms with E-state index >= 15 is 0 Å². The fraction of sp³-hybridized carbons (Fsp3) is 0.286. The van der Waals surface area contributed by atoms with Crippen LogP contribution in [0.1, 0.15) is 0 Å². The van der Waals surface area contributed by atoms with E-state index in [9.17, 15) is 0 Å². The third kappa shape index (κ3) is 2.21. The number of morpholine rings is 1. The molecule has 3 heterocycles. The van der Waals surface area contributed by atoms with Crippen molar-refractivity contribution in [2.75, 3.05) is 31.2 Å². The van der Waals surface area contributed by atoms with E-state index in [0.717, 1.165) is 29.6 Å². The molecular formula is C14H14N6O. The standard InChI is InChI=1S/C14H14N6O/c1-2-10(11-8-17-19-12(11)3-1)13-15-9-16-14(18-13)20-4-6-21-7-5-20/h1-3,8-9H,4-7H2,(H,17,19). The molecule has 1 saturated heterocycles. The molecule has 3 aromatic rings. The van der Waals surface area contributed by atoms with Crippen LogP contribution < -0.4 is 4.90 Å². The van der Waals surface area contributed by atoms with Crippen LogP contribution in [0.15, 0.2) is 30.7 Å². The molecule has 7 heteroatoms. The first-order valence-corrected chi connectivity index (χ1v) is 6.86. The first-order valence-electron chi connectivity index (χ1n) is 6.86. The van der Waals surface area contributed by atoms with E-state index in [1.165, 1.54) is 0 Å². The summed E-state index contributed by atoms with van der Waals surface area (Å²) in [7, 11) is 0. The molecule has 0 unspecified atom stereocenters. The predicted molar refractivity (Wildman–Crippen MR) is 77.9 cm³/mol. The summed E-state index contributed by atoms with van der Waals surface area (Å²) in [6.45, 7) is 3.02. The van der Waals surface area contributed by atoms with Crippen molar-refractivity contribution in [3.63, 3.8) is 0 Å². The van der Waals surface area contributed by atoms with Crippen molar-refractivity contribution in [3.8, 4) is 11.4 Å². The highest BCUT2D eigenvalue weighted by molar-refractivity contribution is 5.92. The largest absolute Gasteiger partial charge is 0.378 e. The molecule has 106 valence electrons. The number of anilines is 1. The van der Waals surface area contributed by atoms with E-state index in [4.69, 9.17) is 4.74 Å². The maximum absolute atomic E-state index is 5.36. The SMILES string of the molecule is c1cc(-c2ncnc(N3CCOCC3)n2)c2cn[nH]c2c1. The minimum Gasteiger partial charge on any atom is -0.378 e. The Morgan fingerprint density at radius 1 is 1.14 bits per heavy atom. The van der Waals surface area contributed by atoms with Crippen molar-refractivity contribution >= 4 is 16.9 Å². The number of hydrogen-bond donors (Lipinski definition) is 1. The van der Waals surface area contributed by atoms with Crippen LogP contribution in [0.25, 0.3) is 22.3 Å². The Labute approximate surface area is 121 Å². The van der Waals surface area contributed by atoms with Gasteiger partial charge in [0.1, 0.15) is 6.33 Å². The van der Waals surface area contributed by atoms with Crippen molar-refractivity contribution in [3.05, 3.63) is 30.7 Å². The van der Waals surface area contributed by atoms with Gasteiger partial charge in [0.2, 0.25) is 5.95 Å². The third-order valence-corrected chi connectivity index (χ3v) is 3.58. The molecule has 4 rings (SSSR count). The maximum atomic E-state index is 5.36. The molecule has 7 nitrogen and oxygen atoms in total. The number of benzene rings is 1. The summed E-state index contributed by atoms with van der Waals surface area (Å²) >= 11 is 0. The van der Waals surface area contributed by atoms with Crippen LogP contribution >= 0.6 is 0 Å². The lowest BCUT2D eigenvalue weighted by molar-refractivity contribution is 0.122. The van der Waals surface area contributed by atoms with Gasteiger partial charge >= 0.3 is 0 Å². The van der Waals surface area contributed by atoms with Gasteiger partial charge in [-0.15, -0.1) is 0 Å². The normalized spacial score (nSPS) is 15.5. The highest BCUT2D eigenvalue weighted by atomic mass is 16.5. The Morgan fingerprint density at radius 2 is 2.05 bits per heavy atom. The number of ether oxygens (including phenoxy) is 1. The first-order chi connectivity index (χ1) is 10.4. The summed E-state index contributed by atoms with van der Waals surface area (Å²) in [5.41, 5.74) is 1.93. The van der Waals surface area contributed by atoms with Crippen LogP contribution in [0.5, 0.6) is 0 Å². The smallest absolute Gasteiger partial charge is 0.229 e. The van der Waals surface area contributed by atoms with Gasteiger partial charge in [-0.05, 0) is 6.07 Å². The maximum Gasteiger partial charge on any atom is 0.229 e. The van der Waals surface area contributed by atoms with E-state index in [-0.39, 0.29) is 0 Å². The number of aromatic nitrogens is 5. The van der Waals surface area contributed by atoms with E-state index in [0.29, 0.717) is 25.0 Å². The lowest BCUT2D eigenvalue weighted by Gasteiger charge is -2.26. The Balaban J connectivity index is 1.76. The number of nitrogens with zero attached hydrogens (tertiary/aromatic N) is 5. The van der Waals surface area contributed by atoms with Gasteiger partial charge in [0, 0.05) is 24.0 Å². The average Bonchev–Trinajstić information content (AvgIpc) is 3.04. The molecule has 0 aliphatic carbocycles. The number of aromatic amines is 1. The van der Waals surface area contributed by atoms with Crippen LogP contribution in [0.3, 0.4) is 0 Å². The average molecular weight is 282 g/mol. The van der Waals surface area contributed by atoms with Crippen LogP contribution in [0.4, 0.5) is 5.95 Å². The fourth-order valence-corrected chi connectivity index (χ4v) is 2.50. The Bertz CT molecular complexity index is 765. The van der Waals surface area contributed by atoms with Gasteiger partial charge in [-0.2, -0.15) is 10.1 Å². The second kappa shape index (κ2) is 5.10. The molecule has 0 bridgehead atoms. The lowest BCUT2D eigenvalue weighted by atomic mass is 10.1. The molecule has 2 aromatic heterocycles. The second-order valence-corrected chi connectivity index (χ2v) is 4.85. The zero-order valence-electron chi connectivity index (χ0n) is 11.4. The lowest BCUT2D eigenvalue weighted by Crippen LogP contribution is -2.37. The minimum absolute atomic E-state index is 0.665. The molecule has 0 saturated carbocycles. The van der Waals surface area contributed by atoms with Crippen molar-refractivity contribution in [1.82, 2.24) is 25.1 Å². The second-order valence-electron chi connectivity index (χ2n) is 4.85. The summed E-state index contributed by atoms with van der Waals surface area (Å²) in [6, 6.07) is 5.94. The number of H-pyrrole nitrogens is 1. The minimum atomic E-state index is 0.665. The van der Waals surface area contributed by atoms with Gasteiger partial charge < -0.3 is 9.64 Å². The number of nitrogens with one attached hydrogen (secondary N) is 1. The molecule has 0 radical (unpaired) electrons. The first kappa shape index (κ1) is 12.2. The molecule has 1 N–H and O–H groups in total. The number of rotatable bonds is 2. The van der Waals surface area contributed by atoms with Gasteiger partial charge in [0.15, 0.2) is 5.82 Å². The molecule has 0 spiro atoms. The Kier molecular flexibility index (Phi) is 2.97. The van der Waals surface area contributed by atoms with Crippen LogP contribution in [0, 0.1) is 0 Å². The van der Waals surface area contributed by atoms with Gasteiger partial charge in [0.05, 0.1) is 24.9 Å². The molecule has 1 aliphatic heterocycles. The van der Waals surface area contributed by atoms with E-state index < -0.39 is 0 Å². The summed E-state index contributed by atoms with van der Waals surface area (Å²) in [4.78, 5) is 15.3. The predicted octanol–water partition coefficient (Wildman–Crippen LogP) is 1.25. The molecule has 1 fully saturated rings. The molecule has 21 heavy (non-hydrogen) atoms. The topological polar surface area (TPSA) is 79.8 Å². The monoisotopic (exact) mass is 282 g/mol. The number of fused-ring (bicyclic) bond motifs is 1. The van der Waals surface area contributed by atoms with E-state index in [1.54, 1.807) is 12.5 Å². The van der Waals surface area contributed by atoms with Crippen molar-refractivity contribution in [1.29, 1.82) is 0 Å². The Morgan fingerprint density at radius 3 is 2.95 bits per heavy atom. The molecule has 0 atom stereocenters. The van der Waals surface area contributed by atoms with Crippen molar-refractivity contribution < 1.29 is 4.74 Å². The third-order valence-electron chi connectivity index (χ3n) is 3.58. The van der Waals surface area contributed by atoms with Gasteiger partial charge in [-0.3, -0.25) is 5.10 Å². The zero-order chi connectivity index (χ0) is 14.1. The molecular weight excluding hydrogens is 268 g/mol. The van der Waals surface area contributed by atoms with Crippen LogP contribution in [0.2, 0.25) is 0 Å². The van der Waals surface area contributed by atoms with Crippen molar-refractivity contribution in [2.24, 2.45) is 0 Å². The number of hydrogen-bond acceptors (Lipinski definition) is 6. The molecule has 1 aliphatic rings. The Hall–Kier alpha value is -2.54. The fourth-order valence-electron chi connectivity index (χ4n) is 2.50. The zero-order valence-corrected chi connectivity index (χ0v) is 11.4. The highest BCUT2D eigenvalue weighted by Crippen LogP contribution is 2.25. The quantitative estimate of drug-likeness (QED) is 0.762. The highest BCUT2D eigenvalue weighted by Gasteiger charge is 2.15. The van der Waals surface area contributed by atoms with Crippen LogP contribution in [-0.4, -0.2) is 51.5 Å². The van der Waals surface area contributed by atoms with Crippen LogP contribution in [-0.2, 0) is 4.74 Å². The van der Waals surface area contributed by atoms with E-state index in [2.05, 4.69) is 30.0 Å². The summed E-state index contributed by atoms with van der Waals surface area (Å²) < 4.78 is 5.36. The summed E-state index contributed by atoms with van der Waals surface area (Å²) in [5, 5.41) is 8.05. The summed E-state index contributed by atoms with van der Waals surface area (Å²) in [5.74, 6) is 1.36. The van der Waals surface area contributed by atoms with Gasteiger partial charge in [-0.25, -0.2) is 9.97 Å².